The number of hydrogen-bond acceptors (Lipinski definition) is 1. The monoisotopic (exact) mass is 243 g/mol. The van der Waals surface area contributed by atoms with E-state index in [2.05, 4.69) is 32.0 Å². The molecule has 1 nitrogen and oxygen atoms in total. The highest BCUT2D eigenvalue weighted by Gasteiger charge is 2.13. The molecule has 0 aliphatic carbocycles. The van der Waals surface area contributed by atoms with Crippen molar-refractivity contribution >= 4 is 0 Å². The first-order chi connectivity index (χ1) is 8.49. The largest absolute Gasteiger partial charge is 0.320 e. The molecule has 18 heavy (non-hydrogen) atoms. The minimum Gasteiger partial charge on any atom is -0.320 e. The van der Waals surface area contributed by atoms with Crippen molar-refractivity contribution in [2.75, 3.05) is 0 Å². The van der Waals surface area contributed by atoms with Crippen molar-refractivity contribution in [3.8, 4) is 0 Å². The van der Waals surface area contributed by atoms with Gasteiger partial charge < -0.3 is 5.73 Å². The van der Waals surface area contributed by atoms with Gasteiger partial charge in [-0.05, 0) is 55.2 Å². The molecule has 2 rings (SSSR count). The summed E-state index contributed by atoms with van der Waals surface area (Å²) in [5.74, 6) is -0.218. The second kappa shape index (κ2) is 4.91. The Bertz CT molecular complexity index is 524. The van der Waals surface area contributed by atoms with Crippen molar-refractivity contribution in [1.29, 1.82) is 0 Å². The molecular weight excluding hydrogens is 225 g/mol. The summed E-state index contributed by atoms with van der Waals surface area (Å²) in [5, 5.41) is 0. The predicted molar refractivity (Wildman–Crippen MR) is 73.1 cm³/mol. The molecule has 2 aromatic carbocycles. The Balaban J connectivity index is 2.44. The Labute approximate surface area is 107 Å². The fourth-order valence-corrected chi connectivity index (χ4v) is 2.33. The summed E-state index contributed by atoms with van der Waals surface area (Å²) < 4.78 is 13.1. The van der Waals surface area contributed by atoms with Gasteiger partial charge in [-0.1, -0.05) is 29.8 Å². The topological polar surface area (TPSA) is 26.0 Å². The average Bonchev–Trinajstić information content (AvgIpc) is 2.28. The van der Waals surface area contributed by atoms with Crippen LogP contribution in [0, 0.1) is 26.6 Å². The molecule has 94 valence electrons. The number of rotatable bonds is 2. The van der Waals surface area contributed by atoms with E-state index < -0.39 is 0 Å². The molecule has 2 N–H and O–H groups in total. The number of aryl methyl sites for hydroxylation is 3. The van der Waals surface area contributed by atoms with Crippen molar-refractivity contribution < 1.29 is 4.39 Å². The van der Waals surface area contributed by atoms with Crippen LogP contribution in [0.1, 0.15) is 33.9 Å². The van der Waals surface area contributed by atoms with Crippen molar-refractivity contribution in [3.05, 3.63) is 70.0 Å². The Morgan fingerprint density at radius 2 is 1.44 bits per heavy atom. The van der Waals surface area contributed by atoms with Gasteiger partial charge in [0.15, 0.2) is 0 Å². The summed E-state index contributed by atoms with van der Waals surface area (Å²) in [6, 6.07) is 10.8. The van der Waals surface area contributed by atoms with Gasteiger partial charge in [-0.3, -0.25) is 0 Å². The third kappa shape index (κ3) is 2.44. The van der Waals surface area contributed by atoms with Crippen molar-refractivity contribution in [1.82, 2.24) is 0 Å². The molecule has 1 atom stereocenters. The second-order valence-corrected chi connectivity index (χ2v) is 4.84. The van der Waals surface area contributed by atoms with E-state index in [-0.39, 0.29) is 11.9 Å². The van der Waals surface area contributed by atoms with Crippen LogP contribution in [0.5, 0.6) is 0 Å². The van der Waals surface area contributed by atoms with Crippen molar-refractivity contribution in [3.63, 3.8) is 0 Å². The fraction of sp³-hybridized carbons (Fsp3) is 0.250. The Morgan fingerprint density at radius 1 is 0.889 bits per heavy atom. The minimum absolute atomic E-state index is 0.203. The summed E-state index contributed by atoms with van der Waals surface area (Å²) in [7, 11) is 0. The van der Waals surface area contributed by atoms with Crippen molar-refractivity contribution in [2.45, 2.75) is 26.8 Å². The number of benzene rings is 2. The third-order valence-corrected chi connectivity index (χ3v) is 3.33. The van der Waals surface area contributed by atoms with E-state index in [1.54, 1.807) is 6.07 Å². The Hall–Kier alpha value is -1.67. The third-order valence-electron chi connectivity index (χ3n) is 3.33. The molecule has 0 saturated heterocycles. The molecule has 2 aromatic rings. The predicted octanol–water partition coefficient (Wildman–Crippen LogP) is 3.80. The molecule has 0 bridgehead atoms. The highest BCUT2D eigenvalue weighted by molar-refractivity contribution is 5.41. The molecule has 0 aliphatic rings. The van der Waals surface area contributed by atoms with Gasteiger partial charge in [0.25, 0.3) is 0 Å². The summed E-state index contributed by atoms with van der Waals surface area (Å²) in [4.78, 5) is 0. The first-order valence-electron chi connectivity index (χ1n) is 6.08. The second-order valence-electron chi connectivity index (χ2n) is 4.84. The molecule has 0 spiro atoms. The van der Waals surface area contributed by atoms with Crippen LogP contribution in [-0.4, -0.2) is 0 Å². The Morgan fingerprint density at radius 3 is 2.00 bits per heavy atom. The van der Waals surface area contributed by atoms with E-state index in [1.807, 2.05) is 6.92 Å². The van der Waals surface area contributed by atoms with Gasteiger partial charge in [0.2, 0.25) is 0 Å². The lowest BCUT2D eigenvalue weighted by atomic mass is 9.92. The number of hydrogen-bond donors (Lipinski definition) is 1. The van der Waals surface area contributed by atoms with Crippen LogP contribution in [-0.2, 0) is 0 Å². The average molecular weight is 243 g/mol. The normalized spacial score (nSPS) is 12.5. The number of nitrogens with two attached hydrogens (primary N) is 1. The van der Waals surface area contributed by atoms with Crippen LogP contribution in [0.4, 0.5) is 4.39 Å². The van der Waals surface area contributed by atoms with Gasteiger partial charge in [-0.2, -0.15) is 0 Å². The van der Waals surface area contributed by atoms with E-state index >= 15 is 0 Å². The van der Waals surface area contributed by atoms with Crippen LogP contribution in [0.15, 0.2) is 36.4 Å². The summed E-state index contributed by atoms with van der Waals surface area (Å²) in [6.07, 6.45) is 0. The molecule has 1 unspecified atom stereocenters. The molecule has 0 heterocycles. The lowest BCUT2D eigenvalue weighted by Crippen LogP contribution is -2.14. The van der Waals surface area contributed by atoms with Gasteiger partial charge in [0.1, 0.15) is 5.82 Å². The van der Waals surface area contributed by atoms with Crippen LogP contribution in [0.2, 0.25) is 0 Å². The maximum atomic E-state index is 13.1. The first kappa shape index (κ1) is 12.8. The molecule has 0 fully saturated rings. The first-order valence-corrected chi connectivity index (χ1v) is 6.08. The summed E-state index contributed by atoms with van der Waals surface area (Å²) in [6.45, 7) is 6.01. The van der Waals surface area contributed by atoms with Crippen LogP contribution < -0.4 is 5.73 Å². The molecule has 0 aliphatic heterocycles. The van der Waals surface area contributed by atoms with E-state index in [9.17, 15) is 4.39 Å². The zero-order valence-corrected chi connectivity index (χ0v) is 11.0. The van der Waals surface area contributed by atoms with Crippen LogP contribution in [0.3, 0.4) is 0 Å². The molecular formula is C16H18FN. The van der Waals surface area contributed by atoms with E-state index in [0.717, 1.165) is 16.7 Å². The standard InChI is InChI=1S/C16H18FN/c1-10-4-6-14(11(2)8-10)16(18)15-7-5-13(17)9-12(15)3/h4-9,16H,18H2,1-3H3. The van der Waals surface area contributed by atoms with Gasteiger partial charge in [-0.15, -0.1) is 0 Å². The SMILES string of the molecule is Cc1ccc(C(N)c2ccc(F)cc2C)c(C)c1. The van der Waals surface area contributed by atoms with Crippen LogP contribution >= 0.6 is 0 Å². The zero-order chi connectivity index (χ0) is 13.3. The van der Waals surface area contributed by atoms with Gasteiger partial charge >= 0.3 is 0 Å². The molecule has 0 aromatic heterocycles. The molecule has 0 saturated carbocycles. The maximum absolute atomic E-state index is 13.1. The van der Waals surface area contributed by atoms with Crippen molar-refractivity contribution in [2.24, 2.45) is 5.73 Å². The number of halogens is 1. The highest BCUT2D eigenvalue weighted by Crippen LogP contribution is 2.26. The van der Waals surface area contributed by atoms with E-state index in [1.165, 1.54) is 23.3 Å². The summed E-state index contributed by atoms with van der Waals surface area (Å²) in [5.41, 5.74) is 11.6. The van der Waals surface area contributed by atoms with Gasteiger partial charge in [0.05, 0.1) is 6.04 Å². The molecule has 0 amide bonds. The molecule has 0 radical (unpaired) electrons. The van der Waals surface area contributed by atoms with Gasteiger partial charge in [-0.25, -0.2) is 4.39 Å². The van der Waals surface area contributed by atoms with E-state index in [4.69, 9.17) is 5.73 Å². The minimum atomic E-state index is -0.218. The summed E-state index contributed by atoms with van der Waals surface area (Å²) >= 11 is 0. The zero-order valence-electron chi connectivity index (χ0n) is 11.0. The Kier molecular flexibility index (Phi) is 3.48. The van der Waals surface area contributed by atoms with Gasteiger partial charge in [0, 0.05) is 0 Å². The fourth-order valence-electron chi connectivity index (χ4n) is 2.33. The smallest absolute Gasteiger partial charge is 0.123 e. The highest BCUT2D eigenvalue weighted by atomic mass is 19.1. The maximum Gasteiger partial charge on any atom is 0.123 e. The quantitative estimate of drug-likeness (QED) is 0.853. The molecule has 2 heteroatoms. The lowest BCUT2D eigenvalue weighted by molar-refractivity contribution is 0.624. The van der Waals surface area contributed by atoms with Crippen LogP contribution in [0.25, 0.3) is 0 Å². The lowest BCUT2D eigenvalue weighted by Gasteiger charge is -2.18. The van der Waals surface area contributed by atoms with E-state index in [0.29, 0.717) is 0 Å².